The van der Waals surface area contributed by atoms with Crippen LogP contribution in [0.15, 0.2) is 42.5 Å². The summed E-state index contributed by atoms with van der Waals surface area (Å²) in [5.41, 5.74) is 0.603. The minimum absolute atomic E-state index is 0.0178. The molecule has 4 nitrogen and oxygen atoms in total. The van der Waals surface area contributed by atoms with Gasteiger partial charge in [-0.3, -0.25) is 4.79 Å². The van der Waals surface area contributed by atoms with Crippen LogP contribution < -0.4 is 0 Å². The number of ketones is 1. The predicted octanol–water partition coefficient (Wildman–Crippen LogP) is 4.31. The van der Waals surface area contributed by atoms with Crippen LogP contribution in [0.25, 0.3) is 0 Å². The van der Waals surface area contributed by atoms with E-state index in [4.69, 9.17) is 16.3 Å². The van der Waals surface area contributed by atoms with E-state index in [9.17, 15) is 9.59 Å². The number of nitrogens with zero attached hydrogens (tertiary/aromatic N) is 1. The summed E-state index contributed by atoms with van der Waals surface area (Å²) in [5.74, 6) is -0.904. The summed E-state index contributed by atoms with van der Waals surface area (Å²) < 4.78 is 5.22. The van der Waals surface area contributed by atoms with E-state index < -0.39 is 5.97 Å². The van der Waals surface area contributed by atoms with Crippen molar-refractivity contribution in [3.05, 3.63) is 64.4 Å². The van der Waals surface area contributed by atoms with Crippen molar-refractivity contribution >= 4 is 23.4 Å². The lowest BCUT2D eigenvalue weighted by atomic mass is 10.0. The molecule has 1 aromatic heterocycles. The Kier molecular flexibility index (Phi) is 6.29. The number of benzene rings is 1. The van der Waals surface area contributed by atoms with E-state index in [0.29, 0.717) is 12.2 Å². The first kappa shape index (κ1) is 17.2. The van der Waals surface area contributed by atoms with Gasteiger partial charge in [0.25, 0.3) is 0 Å². The van der Waals surface area contributed by atoms with E-state index in [1.54, 1.807) is 24.3 Å². The number of aromatic nitrogens is 1. The third-order valence-electron chi connectivity index (χ3n) is 3.31. The minimum Gasteiger partial charge on any atom is -0.462 e. The smallest absolute Gasteiger partial charge is 0.340 e. The highest BCUT2D eigenvalue weighted by atomic mass is 35.5. The fourth-order valence-electron chi connectivity index (χ4n) is 2.09. The summed E-state index contributed by atoms with van der Waals surface area (Å²) >= 11 is 5.88. The van der Waals surface area contributed by atoms with Crippen molar-refractivity contribution in [2.45, 2.75) is 26.2 Å². The Hall–Kier alpha value is -2.20. The molecule has 0 N–H and O–H groups in total. The molecule has 0 amide bonds. The van der Waals surface area contributed by atoms with E-state index in [2.05, 4.69) is 11.9 Å². The van der Waals surface area contributed by atoms with Crippen LogP contribution in [0.2, 0.25) is 5.15 Å². The molecule has 1 aromatic carbocycles. The van der Waals surface area contributed by atoms with Crippen LogP contribution in [0.3, 0.4) is 0 Å². The fraction of sp³-hybridized carbons (Fsp3) is 0.278. The van der Waals surface area contributed by atoms with Gasteiger partial charge in [0.1, 0.15) is 10.8 Å². The second-order valence-corrected chi connectivity index (χ2v) is 5.46. The zero-order valence-electron chi connectivity index (χ0n) is 12.9. The van der Waals surface area contributed by atoms with Crippen LogP contribution in [0.5, 0.6) is 0 Å². The molecule has 0 saturated carbocycles. The van der Waals surface area contributed by atoms with Gasteiger partial charge in [-0.25, -0.2) is 9.78 Å². The van der Waals surface area contributed by atoms with Gasteiger partial charge >= 0.3 is 5.97 Å². The topological polar surface area (TPSA) is 56.3 Å². The Bertz CT molecular complexity index is 686. The molecule has 23 heavy (non-hydrogen) atoms. The number of rotatable bonds is 7. The molecular formula is C18H18ClNO3. The second-order valence-electron chi connectivity index (χ2n) is 5.07. The number of esters is 1. The molecular weight excluding hydrogens is 314 g/mol. The zero-order valence-corrected chi connectivity index (χ0v) is 13.7. The molecule has 1 heterocycles. The molecule has 0 bridgehead atoms. The summed E-state index contributed by atoms with van der Waals surface area (Å²) in [6.45, 7) is 2.40. The highest BCUT2D eigenvalue weighted by Crippen LogP contribution is 2.17. The summed E-state index contributed by atoms with van der Waals surface area (Å²) in [6.07, 6.45) is 2.82. The van der Waals surface area contributed by atoms with Crippen molar-refractivity contribution in [1.82, 2.24) is 4.98 Å². The molecule has 2 aromatic rings. The first-order valence-corrected chi connectivity index (χ1v) is 7.94. The second kappa shape index (κ2) is 8.44. The Morgan fingerprint density at radius 3 is 2.52 bits per heavy atom. The quantitative estimate of drug-likeness (QED) is 0.328. The maximum Gasteiger partial charge on any atom is 0.340 e. The maximum atomic E-state index is 12.6. The van der Waals surface area contributed by atoms with Gasteiger partial charge in [0.2, 0.25) is 5.78 Å². The number of hydrogen-bond donors (Lipinski definition) is 0. The molecule has 2 rings (SSSR count). The molecule has 0 spiro atoms. The summed E-state index contributed by atoms with van der Waals surface area (Å²) in [5, 5.41) is 0.159. The van der Waals surface area contributed by atoms with E-state index in [1.807, 2.05) is 6.07 Å². The number of halogens is 1. The van der Waals surface area contributed by atoms with E-state index in [-0.39, 0.29) is 22.2 Å². The van der Waals surface area contributed by atoms with Gasteiger partial charge < -0.3 is 4.74 Å². The highest BCUT2D eigenvalue weighted by molar-refractivity contribution is 6.30. The van der Waals surface area contributed by atoms with E-state index >= 15 is 0 Å². The van der Waals surface area contributed by atoms with Crippen molar-refractivity contribution in [2.75, 3.05) is 6.61 Å². The van der Waals surface area contributed by atoms with Crippen LogP contribution in [0.4, 0.5) is 0 Å². The number of hydrogen-bond acceptors (Lipinski definition) is 4. The third-order valence-corrected chi connectivity index (χ3v) is 3.52. The minimum atomic E-state index is -0.551. The SMILES string of the molecule is CCCCCOC(=O)c1ccc(Cl)nc1C(=O)c1ccccc1. The first-order valence-electron chi connectivity index (χ1n) is 7.57. The Morgan fingerprint density at radius 2 is 1.83 bits per heavy atom. The van der Waals surface area contributed by atoms with Gasteiger partial charge in [-0.1, -0.05) is 61.7 Å². The Morgan fingerprint density at radius 1 is 1.09 bits per heavy atom. The normalized spacial score (nSPS) is 10.3. The predicted molar refractivity (Wildman–Crippen MR) is 88.9 cm³/mol. The van der Waals surface area contributed by atoms with E-state index in [0.717, 1.165) is 19.3 Å². The van der Waals surface area contributed by atoms with Crippen molar-refractivity contribution in [1.29, 1.82) is 0 Å². The molecule has 0 radical (unpaired) electrons. The lowest BCUT2D eigenvalue weighted by molar-refractivity contribution is 0.0494. The van der Waals surface area contributed by atoms with Crippen LogP contribution >= 0.6 is 11.6 Å². The van der Waals surface area contributed by atoms with Crippen LogP contribution in [0.1, 0.15) is 52.6 Å². The zero-order chi connectivity index (χ0) is 16.7. The van der Waals surface area contributed by atoms with Crippen molar-refractivity contribution in [2.24, 2.45) is 0 Å². The van der Waals surface area contributed by atoms with Crippen LogP contribution in [0, 0.1) is 0 Å². The lowest BCUT2D eigenvalue weighted by Gasteiger charge is -2.09. The Balaban J connectivity index is 2.24. The van der Waals surface area contributed by atoms with Crippen molar-refractivity contribution in [3.63, 3.8) is 0 Å². The molecule has 0 aliphatic heterocycles. The van der Waals surface area contributed by atoms with Gasteiger partial charge in [-0.05, 0) is 18.6 Å². The summed E-state index contributed by atoms with van der Waals surface area (Å²) in [4.78, 5) is 28.8. The molecule has 0 saturated heterocycles. The average Bonchev–Trinajstić information content (AvgIpc) is 2.58. The van der Waals surface area contributed by atoms with Crippen LogP contribution in [-0.2, 0) is 4.74 Å². The Labute approximate surface area is 140 Å². The number of ether oxygens (including phenoxy) is 1. The standard InChI is InChI=1S/C18H18ClNO3/c1-2-3-7-12-23-18(22)14-10-11-15(19)20-16(14)17(21)13-8-5-4-6-9-13/h4-6,8-11H,2-3,7,12H2,1H3. The molecule has 0 unspecified atom stereocenters. The third kappa shape index (κ3) is 4.63. The van der Waals surface area contributed by atoms with E-state index in [1.165, 1.54) is 12.1 Å². The van der Waals surface area contributed by atoms with Gasteiger partial charge in [-0.15, -0.1) is 0 Å². The molecule has 0 aliphatic carbocycles. The highest BCUT2D eigenvalue weighted by Gasteiger charge is 2.21. The average molecular weight is 332 g/mol. The largest absolute Gasteiger partial charge is 0.462 e. The first-order chi connectivity index (χ1) is 11.1. The molecule has 0 atom stereocenters. The van der Waals surface area contributed by atoms with Crippen molar-refractivity contribution < 1.29 is 14.3 Å². The fourth-order valence-corrected chi connectivity index (χ4v) is 2.24. The monoisotopic (exact) mass is 331 g/mol. The maximum absolute atomic E-state index is 12.6. The van der Waals surface area contributed by atoms with Crippen LogP contribution in [-0.4, -0.2) is 23.3 Å². The molecule has 0 fully saturated rings. The number of carbonyl (C=O) groups is 2. The molecule has 5 heteroatoms. The van der Waals surface area contributed by atoms with Gasteiger partial charge in [0, 0.05) is 5.56 Å². The number of unbranched alkanes of at least 4 members (excludes halogenated alkanes) is 2. The van der Waals surface area contributed by atoms with Gasteiger partial charge in [-0.2, -0.15) is 0 Å². The summed E-state index contributed by atoms with van der Waals surface area (Å²) in [7, 11) is 0. The molecule has 0 aliphatic rings. The number of pyridine rings is 1. The summed E-state index contributed by atoms with van der Waals surface area (Å²) in [6, 6.07) is 11.6. The molecule has 120 valence electrons. The lowest BCUT2D eigenvalue weighted by Crippen LogP contribution is -2.15. The number of carbonyl (C=O) groups excluding carboxylic acids is 2. The van der Waals surface area contributed by atoms with Gasteiger partial charge in [0.15, 0.2) is 0 Å². The van der Waals surface area contributed by atoms with Gasteiger partial charge in [0.05, 0.1) is 12.2 Å². The van der Waals surface area contributed by atoms with Crippen molar-refractivity contribution in [3.8, 4) is 0 Å².